The van der Waals surface area contributed by atoms with Gasteiger partial charge in [0.1, 0.15) is 11.5 Å². The van der Waals surface area contributed by atoms with Gasteiger partial charge in [-0.05, 0) is 65.4 Å². The Kier molecular flexibility index (Phi) is 6.13. The fourth-order valence-electron chi connectivity index (χ4n) is 1.79. The molecule has 0 saturated heterocycles. The maximum atomic E-state index is 6.29. The molecule has 2 aromatic rings. The van der Waals surface area contributed by atoms with Gasteiger partial charge in [0.2, 0.25) is 0 Å². The number of para-hydroxylation sites is 1. The van der Waals surface area contributed by atoms with E-state index in [1.807, 2.05) is 42.5 Å². The van der Waals surface area contributed by atoms with Crippen molar-refractivity contribution in [2.75, 3.05) is 6.54 Å². The third-order valence-corrected chi connectivity index (χ3v) is 4.07. The molecule has 1 N–H and O–H groups in total. The highest BCUT2D eigenvalue weighted by Gasteiger charge is 2.05. The van der Waals surface area contributed by atoms with Gasteiger partial charge in [-0.25, -0.2) is 0 Å². The average molecular weight is 402 g/mol. The lowest BCUT2D eigenvalue weighted by Crippen LogP contribution is -2.13. The van der Waals surface area contributed by atoms with Gasteiger partial charge in [0, 0.05) is 11.6 Å². The van der Waals surface area contributed by atoms with Crippen LogP contribution in [0.5, 0.6) is 11.5 Å². The topological polar surface area (TPSA) is 21.3 Å². The smallest absolute Gasteiger partial charge is 0.140 e. The summed E-state index contributed by atoms with van der Waals surface area (Å²) in [6, 6.07) is 13.8. The van der Waals surface area contributed by atoms with Crippen molar-refractivity contribution >= 4 is 34.2 Å². The molecule has 0 radical (unpaired) electrons. The Morgan fingerprint density at radius 1 is 1.20 bits per heavy atom. The van der Waals surface area contributed by atoms with Crippen molar-refractivity contribution in [2.24, 2.45) is 0 Å². The van der Waals surface area contributed by atoms with Gasteiger partial charge in [-0.3, -0.25) is 0 Å². The summed E-state index contributed by atoms with van der Waals surface area (Å²) < 4.78 is 6.94. The SMILES string of the molecule is CCCNCc1ccc(Oc2ccccc2I)cc1Cl. The van der Waals surface area contributed by atoms with Crippen LogP contribution in [0.3, 0.4) is 0 Å². The molecule has 0 saturated carbocycles. The van der Waals surface area contributed by atoms with Crippen molar-refractivity contribution in [3.8, 4) is 11.5 Å². The lowest BCUT2D eigenvalue weighted by atomic mass is 10.2. The normalized spacial score (nSPS) is 10.6. The van der Waals surface area contributed by atoms with Gasteiger partial charge >= 0.3 is 0 Å². The molecule has 20 heavy (non-hydrogen) atoms. The Bertz CT molecular complexity index is 574. The predicted molar refractivity (Wildman–Crippen MR) is 92.7 cm³/mol. The molecule has 0 aliphatic rings. The highest BCUT2D eigenvalue weighted by atomic mass is 127. The zero-order valence-electron chi connectivity index (χ0n) is 11.3. The van der Waals surface area contributed by atoms with Crippen LogP contribution in [0, 0.1) is 3.57 Å². The van der Waals surface area contributed by atoms with Crippen molar-refractivity contribution in [3.05, 3.63) is 56.6 Å². The molecule has 0 amide bonds. The van der Waals surface area contributed by atoms with Crippen LogP contribution < -0.4 is 10.1 Å². The van der Waals surface area contributed by atoms with Crippen LogP contribution in [0.4, 0.5) is 0 Å². The van der Waals surface area contributed by atoms with E-state index in [0.29, 0.717) is 0 Å². The number of nitrogens with one attached hydrogen (secondary N) is 1. The molecule has 0 aromatic heterocycles. The Hall–Kier alpha value is -0.780. The standard InChI is InChI=1S/C16H17ClINO/c1-2-9-19-11-12-7-8-13(10-14(12)17)20-16-6-4-3-5-15(16)18/h3-8,10,19H,2,9,11H2,1H3. The third kappa shape index (κ3) is 4.36. The molecule has 2 aromatic carbocycles. The van der Waals surface area contributed by atoms with Crippen LogP contribution in [-0.4, -0.2) is 6.54 Å². The van der Waals surface area contributed by atoms with E-state index in [1.165, 1.54) is 0 Å². The molecular formula is C16H17ClINO. The summed E-state index contributed by atoms with van der Waals surface area (Å²) in [4.78, 5) is 0. The molecule has 2 rings (SSSR count). The number of halogens is 2. The molecule has 0 unspecified atom stereocenters. The second-order valence-electron chi connectivity index (χ2n) is 4.46. The van der Waals surface area contributed by atoms with E-state index in [2.05, 4.69) is 34.8 Å². The zero-order valence-corrected chi connectivity index (χ0v) is 14.2. The molecule has 0 bridgehead atoms. The fraction of sp³-hybridized carbons (Fsp3) is 0.250. The first-order chi connectivity index (χ1) is 9.70. The van der Waals surface area contributed by atoms with Crippen molar-refractivity contribution < 1.29 is 4.74 Å². The summed E-state index contributed by atoms with van der Waals surface area (Å²) in [6.45, 7) is 3.93. The van der Waals surface area contributed by atoms with Crippen molar-refractivity contribution in [1.29, 1.82) is 0 Å². The number of ether oxygens (including phenoxy) is 1. The molecule has 0 spiro atoms. The Morgan fingerprint density at radius 3 is 2.70 bits per heavy atom. The van der Waals surface area contributed by atoms with Gasteiger partial charge in [0.05, 0.1) is 3.57 Å². The highest BCUT2D eigenvalue weighted by Crippen LogP contribution is 2.29. The molecule has 0 aliphatic carbocycles. The Labute approximate surface area is 138 Å². The Morgan fingerprint density at radius 2 is 2.00 bits per heavy atom. The summed E-state index contributed by atoms with van der Waals surface area (Å²) >= 11 is 8.55. The number of hydrogen-bond acceptors (Lipinski definition) is 2. The molecule has 106 valence electrons. The fourth-order valence-corrected chi connectivity index (χ4v) is 2.52. The maximum Gasteiger partial charge on any atom is 0.140 e. The molecule has 0 aliphatic heterocycles. The van der Waals surface area contributed by atoms with E-state index in [0.717, 1.165) is 45.2 Å². The summed E-state index contributed by atoms with van der Waals surface area (Å²) in [6.07, 6.45) is 1.12. The summed E-state index contributed by atoms with van der Waals surface area (Å²) in [5.74, 6) is 1.61. The van der Waals surface area contributed by atoms with Crippen molar-refractivity contribution in [2.45, 2.75) is 19.9 Å². The number of hydrogen-bond donors (Lipinski definition) is 1. The molecule has 0 atom stereocenters. The quantitative estimate of drug-likeness (QED) is 0.528. The first-order valence-corrected chi connectivity index (χ1v) is 8.08. The number of benzene rings is 2. The lowest BCUT2D eigenvalue weighted by Gasteiger charge is -2.10. The van der Waals surface area contributed by atoms with Crippen LogP contribution in [0.25, 0.3) is 0 Å². The lowest BCUT2D eigenvalue weighted by molar-refractivity contribution is 0.479. The van der Waals surface area contributed by atoms with E-state index >= 15 is 0 Å². The molecular weight excluding hydrogens is 385 g/mol. The minimum atomic E-state index is 0.733. The summed E-state index contributed by atoms with van der Waals surface area (Å²) in [5.41, 5.74) is 1.09. The summed E-state index contributed by atoms with van der Waals surface area (Å²) in [7, 11) is 0. The van der Waals surface area contributed by atoms with Gasteiger partial charge in [-0.2, -0.15) is 0 Å². The third-order valence-electron chi connectivity index (χ3n) is 2.83. The van der Waals surface area contributed by atoms with Crippen LogP contribution in [0.15, 0.2) is 42.5 Å². The summed E-state index contributed by atoms with van der Waals surface area (Å²) in [5, 5.41) is 4.08. The maximum absolute atomic E-state index is 6.29. The molecule has 4 heteroatoms. The predicted octanol–water partition coefficient (Wildman–Crippen LogP) is 5.24. The van der Waals surface area contributed by atoms with Gasteiger partial charge in [-0.1, -0.05) is 36.7 Å². The van der Waals surface area contributed by atoms with Gasteiger partial charge < -0.3 is 10.1 Å². The van der Waals surface area contributed by atoms with Gasteiger partial charge in [-0.15, -0.1) is 0 Å². The average Bonchev–Trinajstić information content (AvgIpc) is 2.44. The first-order valence-electron chi connectivity index (χ1n) is 6.62. The first kappa shape index (κ1) is 15.6. The zero-order chi connectivity index (χ0) is 14.4. The molecule has 0 heterocycles. The van der Waals surface area contributed by atoms with Gasteiger partial charge in [0.15, 0.2) is 0 Å². The van der Waals surface area contributed by atoms with Crippen LogP contribution in [0.2, 0.25) is 5.02 Å². The van der Waals surface area contributed by atoms with Crippen molar-refractivity contribution in [1.82, 2.24) is 5.32 Å². The van der Waals surface area contributed by atoms with Crippen LogP contribution >= 0.6 is 34.2 Å². The molecule has 0 fully saturated rings. The second kappa shape index (κ2) is 7.86. The largest absolute Gasteiger partial charge is 0.456 e. The molecule has 2 nitrogen and oxygen atoms in total. The van der Waals surface area contributed by atoms with Crippen LogP contribution in [-0.2, 0) is 6.54 Å². The highest BCUT2D eigenvalue weighted by molar-refractivity contribution is 14.1. The van der Waals surface area contributed by atoms with Gasteiger partial charge in [0.25, 0.3) is 0 Å². The van der Waals surface area contributed by atoms with E-state index in [1.54, 1.807) is 0 Å². The Balaban J connectivity index is 2.07. The van der Waals surface area contributed by atoms with Crippen LogP contribution in [0.1, 0.15) is 18.9 Å². The van der Waals surface area contributed by atoms with E-state index < -0.39 is 0 Å². The second-order valence-corrected chi connectivity index (χ2v) is 6.03. The van der Waals surface area contributed by atoms with E-state index in [4.69, 9.17) is 16.3 Å². The minimum Gasteiger partial charge on any atom is -0.456 e. The van der Waals surface area contributed by atoms with Crippen molar-refractivity contribution in [3.63, 3.8) is 0 Å². The van der Waals surface area contributed by atoms with E-state index in [9.17, 15) is 0 Å². The number of rotatable bonds is 6. The minimum absolute atomic E-state index is 0.733. The monoisotopic (exact) mass is 401 g/mol. The van der Waals surface area contributed by atoms with E-state index in [-0.39, 0.29) is 0 Å².